The van der Waals surface area contributed by atoms with Crippen LogP contribution in [0.1, 0.15) is 104 Å². The van der Waals surface area contributed by atoms with Crippen LogP contribution >= 0.6 is 35.2 Å². The number of unbranched alkanes of at least 4 members (excludes halogenated alkanes) is 3. The van der Waals surface area contributed by atoms with Crippen LogP contribution in [0.4, 0.5) is 5.82 Å². The normalized spacial score (nSPS) is 20.3. The highest BCUT2D eigenvalue weighted by molar-refractivity contribution is 8.13. The third kappa shape index (κ3) is 24.9. The van der Waals surface area contributed by atoms with Crippen LogP contribution in [0.15, 0.2) is 73.4 Å². The van der Waals surface area contributed by atoms with Crippen LogP contribution in [0.2, 0.25) is 0 Å². The molecular formula is C45H72N7O18P3S. The zero-order valence-corrected chi connectivity index (χ0v) is 45.2. The fourth-order valence-electron chi connectivity index (χ4n) is 6.84. The summed E-state index contributed by atoms with van der Waals surface area (Å²) >= 11 is 0.982. The van der Waals surface area contributed by atoms with Gasteiger partial charge in [-0.15, -0.1) is 0 Å². The van der Waals surface area contributed by atoms with Gasteiger partial charge in [-0.1, -0.05) is 106 Å². The number of phosphoric ester groups is 3. The number of aliphatic hydroxyl groups excluding tert-OH is 3. The average Bonchev–Trinajstić information content (AvgIpc) is 3.89. The highest BCUT2D eigenvalue weighted by atomic mass is 32.2. The Morgan fingerprint density at radius 2 is 1.49 bits per heavy atom. The fourth-order valence-corrected chi connectivity index (χ4v) is 10.4. The Morgan fingerprint density at radius 3 is 2.12 bits per heavy atom. The first-order chi connectivity index (χ1) is 34.9. The van der Waals surface area contributed by atoms with E-state index in [9.17, 15) is 63.0 Å². The maximum absolute atomic E-state index is 12.8. The maximum Gasteiger partial charge on any atom is 0.481 e. The summed E-state index contributed by atoms with van der Waals surface area (Å²) in [6.45, 7) is 2.48. The number of nitrogen functional groups attached to an aromatic ring is 1. The number of amides is 2. The number of fused-ring (bicyclic) bond motifs is 1. The molecule has 0 bridgehead atoms. The number of imidazole rings is 1. The van der Waals surface area contributed by atoms with Gasteiger partial charge in [0.25, 0.3) is 0 Å². The van der Waals surface area contributed by atoms with Crippen molar-refractivity contribution in [2.45, 2.75) is 135 Å². The van der Waals surface area contributed by atoms with Crippen molar-refractivity contribution in [3.8, 4) is 0 Å². The third-order valence-electron chi connectivity index (χ3n) is 10.7. The molecule has 3 heterocycles. The van der Waals surface area contributed by atoms with Crippen LogP contribution < -0.4 is 16.4 Å². The molecule has 11 N–H and O–H groups in total. The van der Waals surface area contributed by atoms with E-state index >= 15 is 0 Å². The molecule has 29 heteroatoms. The number of carbonyl (C=O) groups is 3. The summed E-state index contributed by atoms with van der Waals surface area (Å²) in [6, 6.07) is 0. The summed E-state index contributed by atoms with van der Waals surface area (Å²) < 4.78 is 62.5. The summed E-state index contributed by atoms with van der Waals surface area (Å²) in [4.78, 5) is 88.6. The molecule has 1 aliphatic rings. The SMILES string of the molecule is CC/C=C\C/C=C\C/C=C\C/C=C\C/C=C\CCCCC[C@@H](O)CC(=O)SCCNC(=O)CCNC(=O)[C@H](O)C(C)(C)COP(=O)(O)OP(=O)(O)OC[C@H]1O[C@@H](n2cnc3c(N)ncnc32)[C@H](O)[C@@H]1OP(=O)(O)O. The topological polar surface area (TPSA) is 384 Å². The highest BCUT2D eigenvalue weighted by Crippen LogP contribution is 2.61. The van der Waals surface area contributed by atoms with E-state index in [1.807, 2.05) is 0 Å². The van der Waals surface area contributed by atoms with Crippen LogP contribution in [0.3, 0.4) is 0 Å². The molecule has 25 nitrogen and oxygen atoms in total. The van der Waals surface area contributed by atoms with Gasteiger partial charge in [-0.3, -0.25) is 32.5 Å². The van der Waals surface area contributed by atoms with Crippen molar-refractivity contribution in [1.29, 1.82) is 0 Å². The van der Waals surface area contributed by atoms with Crippen LogP contribution in [0, 0.1) is 5.41 Å². The molecular weight excluding hydrogens is 1050 g/mol. The first-order valence-electron chi connectivity index (χ1n) is 23.9. The van der Waals surface area contributed by atoms with Gasteiger partial charge in [-0.2, -0.15) is 4.31 Å². The lowest BCUT2D eigenvalue weighted by atomic mass is 9.87. The monoisotopic (exact) mass is 1120 g/mol. The van der Waals surface area contributed by atoms with Crippen LogP contribution in [-0.4, -0.2) is 134 Å². The maximum atomic E-state index is 12.8. The van der Waals surface area contributed by atoms with E-state index < -0.39 is 90.7 Å². The molecule has 0 aromatic carbocycles. The summed E-state index contributed by atoms with van der Waals surface area (Å²) in [7, 11) is -16.5. The second-order valence-corrected chi connectivity index (χ2v) is 22.9. The minimum Gasteiger partial charge on any atom is -0.393 e. The van der Waals surface area contributed by atoms with Crippen molar-refractivity contribution >= 4 is 69.1 Å². The number of anilines is 1. The van der Waals surface area contributed by atoms with Crippen molar-refractivity contribution < 1.29 is 85.6 Å². The Balaban J connectivity index is 1.27. The van der Waals surface area contributed by atoms with Gasteiger partial charge in [0.05, 0.1) is 25.6 Å². The molecule has 1 saturated heterocycles. The zero-order chi connectivity index (χ0) is 54.8. The number of carbonyl (C=O) groups excluding carboxylic acids is 3. The van der Waals surface area contributed by atoms with Crippen molar-refractivity contribution in [3.05, 3.63) is 73.4 Å². The number of rotatable bonds is 36. The minimum atomic E-state index is -5.59. The summed E-state index contributed by atoms with van der Waals surface area (Å²) in [5, 5.41) is 36.6. The molecule has 8 atom stereocenters. The molecule has 2 unspecified atom stereocenters. The number of phosphoric acid groups is 3. The van der Waals surface area contributed by atoms with Gasteiger partial charge in [-0.25, -0.2) is 28.6 Å². The van der Waals surface area contributed by atoms with E-state index in [4.69, 9.17) is 19.5 Å². The largest absolute Gasteiger partial charge is 0.481 e. The molecule has 2 amide bonds. The second-order valence-electron chi connectivity index (χ2n) is 17.5. The molecule has 2 aromatic rings. The lowest BCUT2D eigenvalue weighted by molar-refractivity contribution is -0.137. The Morgan fingerprint density at radius 1 is 0.865 bits per heavy atom. The van der Waals surface area contributed by atoms with E-state index in [0.717, 1.165) is 86.8 Å². The molecule has 0 saturated carbocycles. The van der Waals surface area contributed by atoms with Crippen LogP contribution in [-0.2, 0) is 50.7 Å². The molecule has 2 aromatic heterocycles. The quantitative estimate of drug-likeness (QED) is 0.0240. The number of aliphatic hydroxyl groups is 3. The fraction of sp³-hybridized carbons (Fsp3) is 0.600. The summed E-state index contributed by atoms with van der Waals surface area (Å²) in [6.07, 6.45) is 22.8. The highest BCUT2D eigenvalue weighted by Gasteiger charge is 2.50. The Bertz CT molecular complexity index is 2380. The van der Waals surface area contributed by atoms with Crippen LogP contribution in [0.5, 0.6) is 0 Å². The number of allylic oxidation sites excluding steroid dienone is 10. The van der Waals surface area contributed by atoms with E-state index in [-0.39, 0.29) is 53.8 Å². The number of ether oxygens (including phenoxy) is 1. The molecule has 1 fully saturated rings. The molecule has 416 valence electrons. The first kappa shape index (κ1) is 64.5. The molecule has 0 radical (unpaired) electrons. The van der Waals surface area contributed by atoms with Gasteiger partial charge in [0.1, 0.15) is 36.3 Å². The lowest BCUT2D eigenvalue weighted by Gasteiger charge is -2.30. The molecule has 0 aliphatic carbocycles. The number of thioether (sulfide) groups is 1. The van der Waals surface area contributed by atoms with Gasteiger partial charge in [0.15, 0.2) is 22.8 Å². The number of hydrogen-bond acceptors (Lipinski definition) is 19. The van der Waals surface area contributed by atoms with Crippen LogP contribution in [0.25, 0.3) is 11.2 Å². The lowest BCUT2D eigenvalue weighted by Crippen LogP contribution is -2.46. The van der Waals surface area contributed by atoms with Crippen molar-refractivity contribution in [1.82, 2.24) is 30.2 Å². The predicted octanol–water partition coefficient (Wildman–Crippen LogP) is 5.12. The smallest absolute Gasteiger partial charge is 0.393 e. The number of nitrogens with one attached hydrogen (secondary N) is 2. The molecule has 0 spiro atoms. The Kier molecular flexibility index (Phi) is 28.5. The van der Waals surface area contributed by atoms with E-state index in [2.05, 4.69) is 102 Å². The minimum absolute atomic E-state index is 0.00469. The molecule has 1 aliphatic heterocycles. The molecule has 74 heavy (non-hydrogen) atoms. The van der Waals surface area contributed by atoms with Gasteiger partial charge in [0.2, 0.25) is 11.8 Å². The number of nitrogens with zero attached hydrogens (tertiary/aromatic N) is 4. The van der Waals surface area contributed by atoms with Gasteiger partial charge >= 0.3 is 23.5 Å². The first-order valence-corrected chi connectivity index (χ1v) is 29.4. The van der Waals surface area contributed by atoms with Crippen molar-refractivity contribution in [3.63, 3.8) is 0 Å². The van der Waals surface area contributed by atoms with Crippen molar-refractivity contribution in [2.24, 2.45) is 5.41 Å². The van der Waals surface area contributed by atoms with Gasteiger partial charge in [-0.05, 0) is 51.4 Å². The third-order valence-corrected chi connectivity index (χ3v) is 14.7. The van der Waals surface area contributed by atoms with Gasteiger partial charge < -0.3 is 56.0 Å². The zero-order valence-electron chi connectivity index (χ0n) is 41.7. The Labute approximate surface area is 434 Å². The standard InChI is InChI=1S/C45H72N7O18P3S/c1-4-5-6-7-8-9-10-11-12-13-14-15-16-17-18-19-20-21-22-23-33(53)28-36(55)74-27-26-47-35(54)24-25-48-43(58)40(57)45(2,3)30-67-73(64,65)70-72(62,63)66-29-34-39(69-71(59,60)61)38(56)44(68-34)52-32-51-37-41(46)49-31-50-42(37)52/h5-6,8-9,11-12,14-15,17-18,31-34,38-40,44,53,56-57H,4,7,10,13,16,19-30H2,1-3H3,(H,47,54)(H,48,58)(H,62,63)(H,64,65)(H2,46,49,50)(H2,59,60,61)/b6-5-,9-8-,12-11-,15-14-,18-17-/t33-,34-,38-,39-,40+,44-/m1/s1. The average molecular weight is 1120 g/mol. The van der Waals surface area contributed by atoms with Crippen molar-refractivity contribution in [2.75, 3.05) is 37.8 Å². The van der Waals surface area contributed by atoms with E-state index in [0.29, 0.717) is 6.42 Å². The number of hydrogen-bond donors (Lipinski definition) is 10. The van der Waals surface area contributed by atoms with Gasteiger partial charge in [0, 0.05) is 37.1 Å². The summed E-state index contributed by atoms with van der Waals surface area (Å²) in [5.41, 5.74) is 4.25. The number of nitrogens with two attached hydrogens (primary N) is 1. The summed E-state index contributed by atoms with van der Waals surface area (Å²) in [5.74, 6) is -1.26. The van der Waals surface area contributed by atoms with E-state index in [1.54, 1.807) is 0 Å². The Hall–Kier alpha value is -3.78. The van der Waals surface area contributed by atoms with E-state index in [1.165, 1.54) is 13.8 Å². The second kappa shape index (κ2) is 32.7. The predicted molar refractivity (Wildman–Crippen MR) is 275 cm³/mol. The number of aromatic nitrogens is 4. The molecule has 3 rings (SSSR count).